The predicted molar refractivity (Wildman–Crippen MR) is 140 cm³/mol. The van der Waals surface area contributed by atoms with Crippen LogP contribution >= 0.6 is 0 Å². The number of aryl methyl sites for hydroxylation is 3. The first-order valence-electron chi connectivity index (χ1n) is 11.7. The predicted octanol–water partition coefficient (Wildman–Crippen LogP) is 5.45. The number of benzene rings is 3. The van der Waals surface area contributed by atoms with Crippen molar-refractivity contribution in [3.63, 3.8) is 0 Å². The molecule has 4 rings (SSSR count). The summed E-state index contributed by atoms with van der Waals surface area (Å²) in [5.74, 6) is 0.483. The van der Waals surface area contributed by atoms with Gasteiger partial charge < -0.3 is 20.4 Å². The Bertz CT molecular complexity index is 1260. The van der Waals surface area contributed by atoms with Gasteiger partial charge in [0, 0.05) is 31.0 Å². The van der Waals surface area contributed by atoms with Crippen molar-refractivity contribution in [3.05, 3.63) is 95.1 Å². The molecule has 1 saturated heterocycles. The van der Waals surface area contributed by atoms with Crippen LogP contribution in [0, 0.1) is 32.2 Å². The monoisotopic (exact) mass is 466 g/mol. The normalized spacial score (nSPS) is 15.9. The molecular formula is C28H30N6O. The van der Waals surface area contributed by atoms with Crippen LogP contribution in [0.5, 0.6) is 0 Å². The summed E-state index contributed by atoms with van der Waals surface area (Å²) in [6, 6.07) is 23.4. The molecule has 1 aliphatic heterocycles. The number of urea groups is 1. The Balaban J connectivity index is 1.58. The summed E-state index contributed by atoms with van der Waals surface area (Å²) in [5, 5.41) is 15.8. The fourth-order valence-electron chi connectivity index (χ4n) is 4.25. The van der Waals surface area contributed by atoms with Crippen molar-refractivity contribution in [1.82, 2.24) is 9.80 Å². The first-order chi connectivity index (χ1) is 17.0. The van der Waals surface area contributed by atoms with E-state index in [-0.39, 0.29) is 12.1 Å². The average molecular weight is 467 g/mol. The number of hydrogen-bond acceptors (Lipinski definition) is 3. The van der Waals surface area contributed by atoms with Crippen molar-refractivity contribution in [2.45, 2.75) is 26.8 Å². The van der Waals surface area contributed by atoms with Crippen molar-refractivity contribution < 1.29 is 4.79 Å². The minimum atomic E-state index is -0.209. The number of carbonyl (C=O) groups excluding carboxylic acids is 1. The van der Waals surface area contributed by atoms with E-state index in [4.69, 9.17) is 0 Å². The van der Waals surface area contributed by atoms with Crippen LogP contribution in [0.1, 0.15) is 28.3 Å². The number of hydrogen-bond donors (Lipinski definition) is 2. The van der Waals surface area contributed by atoms with Gasteiger partial charge in [0.05, 0.1) is 6.04 Å². The smallest absolute Gasteiger partial charge is 0.322 e. The van der Waals surface area contributed by atoms with Crippen molar-refractivity contribution >= 4 is 23.4 Å². The van der Waals surface area contributed by atoms with Gasteiger partial charge in [-0.1, -0.05) is 54.6 Å². The van der Waals surface area contributed by atoms with Crippen LogP contribution in [-0.4, -0.2) is 41.4 Å². The second kappa shape index (κ2) is 10.7. The van der Waals surface area contributed by atoms with E-state index in [0.29, 0.717) is 25.6 Å². The topological polar surface area (TPSA) is 83.8 Å². The summed E-state index contributed by atoms with van der Waals surface area (Å²) in [5.41, 5.74) is 6.08. The standard InChI is InChI=1S/C28H30N6O/c1-20-13-14-24(17-22(20)3)31-28(35)34-16-15-33(18-26(34)23-10-5-4-6-11-23)27(30-19-29)32-25-12-8-7-9-21(25)2/h4-14,17,26H,15-16,18H2,1-3H3,(H,30,32)(H,31,35). The van der Waals surface area contributed by atoms with E-state index >= 15 is 0 Å². The molecule has 1 unspecified atom stereocenters. The van der Waals surface area contributed by atoms with Gasteiger partial charge in [0.15, 0.2) is 0 Å². The van der Waals surface area contributed by atoms with Crippen LogP contribution in [0.15, 0.2) is 77.8 Å². The third-order valence-electron chi connectivity index (χ3n) is 6.43. The highest BCUT2D eigenvalue weighted by atomic mass is 16.2. The van der Waals surface area contributed by atoms with Gasteiger partial charge in [-0.15, -0.1) is 4.99 Å². The molecule has 1 heterocycles. The Labute approximate surface area is 206 Å². The van der Waals surface area contributed by atoms with Gasteiger partial charge in [-0.25, -0.2) is 4.79 Å². The van der Waals surface area contributed by atoms with Gasteiger partial charge in [0.1, 0.15) is 0 Å². The van der Waals surface area contributed by atoms with Crippen molar-refractivity contribution in [3.8, 4) is 6.19 Å². The lowest BCUT2D eigenvalue weighted by Crippen LogP contribution is -2.54. The first-order valence-corrected chi connectivity index (χ1v) is 11.7. The van der Waals surface area contributed by atoms with Gasteiger partial charge in [0.25, 0.3) is 0 Å². The number of aliphatic imine (C=N–C) groups is 1. The maximum atomic E-state index is 13.4. The fourth-order valence-corrected chi connectivity index (χ4v) is 4.25. The van der Waals surface area contributed by atoms with E-state index < -0.39 is 0 Å². The second-order valence-corrected chi connectivity index (χ2v) is 8.77. The Morgan fingerprint density at radius 2 is 1.66 bits per heavy atom. The third kappa shape index (κ3) is 5.61. The molecule has 3 aromatic rings. The van der Waals surface area contributed by atoms with Crippen LogP contribution in [0.3, 0.4) is 0 Å². The summed E-state index contributed by atoms with van der Waals surface area (Å²) in [6.07, 6.45) is 1.93. The molecule has 1 atom stereocenters. The fraction of sp³-hybridized carbons (Fsp3) is 0.250. The number of para-hydroxylation sites is 1. The third-order valence-corrected chi connectivity index (χ3v) is 6.43. The number of nitrogens with one attached hydrogen (secondary N) is 2. The van der Waals surface area contributed by atoms with Crippen LogP contribution < -0.4 is 10.6 Å². The summed E-state index contributed by atoms with van der Waals surface area (Å²) >= 11 is 0. The molecule has 178 valence electrons. The lowest BCUT2D eigenvalue weighted by molar-refractivity contribution is 0.136. The highest BCUT2D eigenvalue weighted by molar-refractivity contribution is 5.95. The average Bonchev–Trinajstić information content (AvgIpc) is 2.87. The summed E-state index contributed by atoms with van der Waals surface area (Å²) in [7, 11) is 0. The van der Waals surface area contributed by atoms with Crippen molar-refractivity contribution in [2.24, 2.45) is 4.99 Å². The number of amides is 2. The van der Waals surface area contributed by atoms with Gasteiger partial charge >= 0.3 is 6.03 Å². The summed E-state index contributed by atoms with van der Waals surface area (Å²) in [6.45, 7) is 7.63. The zero-order valence-corrected chi connectivity index (χ0v) is 20.3. The molecule has 2 N–H and O–H groups in total. The van der Waals surface area contributed by atoms with E-state index in [1.54, 1.807) is 0 Å². The van der Waals surface area contributed by atoms with Crippen LogP contribution in [0.4, 0.5) is 16.2 Å². The molecule has 1 fully saturated rings. The van der Waals surface area contributed by atoms with E-state index in [2.05, 4.69) is 22.5 Å². The molecule has 0 radical (unpaired) electrons. The van der Waals surface area contributed by atoms with E-state index in [9.17, 15) is 10.1 Å². The molecule has 0 saturated carbocycles. The highest BCUT2D eigenvalue weighted by Gasteiger charge is 2.33. The number of carbonyl (C=O) groups is 1. The molecule has 3 aromatic carbocycles. The number of nitriles is 1. The number of rotatable bonds is 3. The van der Waals surface area contributed by atoms with Gasteiger partial charge in [0.2, 0.25) is 12.2 Å². The van der Waals surface area contributed by atoms with Crippen LogP contribution in [0.2, 0.25) is 0 Å². The maximum absolute atomic E-state index is 13.4. The lowest BCUT2D eigenvalue weighted by atomic mass is 10.0. The molecule has 2 amide bonds. The summed E-state index contributed by atoms with van der Waals surface area (Å²) in [4.78, 5) is 21.4. The SMILES string of the molecule is Cc1ccc(NC(=O)N2CCN(/C(=N\C#N)Nc3ccccc3C)CC2c2ccccc2)cc1C. The second-order valence-electron chi connectivity index (χ2n) is 8.77. The minimum Gasteiger partial charge on any atom is -0.338 e. The molecule has 7 heteroatoms. The van der Waals surface area contributed by atoms with Crippen molar-refractivity contribution in [2.75, 3.05) is 30.3 Å². The molecule has 0 bridgehead atoms. The van der Waals surface area contributed by atoms with Gasteiger partial charge in [-0.3, -0.25) is 0 Å². The molecule has 35 heavy (non-hydrogen) atoms. The molecular weight excluding hydrogens is 436 g/mol. The van der Waals surface area contributed by atoms with Gasteiger partial charge in [-0.05, 0) is 61.2 Å². The Kier molecular flexibility index (Phi) is 7.32. The Morgan fingerprint density at radius 3 is 2.37 bits per heavy atom. The van der Waals surface area contributed by atoms with E-state index in [1.165, 1.54) is 5.56 Å². The molecule has 0 aliphatic carbocycles. The number of guanidine groups is 1. The van der Waals surface area contributed by atoms with Crippen molar-refractivity contribution in [1.29, 1.82) is 5.26 Å². The number of anilines is 2. The highest BCUT2D eigenvalue weighted by Crippen LogP contribution is 2.27. The quantitative estimate of drug-likeness (QED) is 0.305. The van der Waals surface area contributed by atoms with Crippen LogP contribution in [0.25, 0.3) is 0 Å². The Morgan fingerprint density at radius 1 is 0.914 bits per heavy atom. The molecule has 0 aromatic heterocycles. The minimum absolute atomic E-state index is 0.146. The first kappa shape index (κ1) is 23.8. The maximum Gasteiger partial charge on any atom is 0.322 e. The van der Waals surface area contributed by atoms with E-state index in [1.807, 2.05) is 103 Å². The molecule has 0 spiro atoms. The summed E-state index contributed by atoms with van der Waals surface area (Å²) < 4.78 is 0. The largest absolute Gasteiger partial charge is 0.338 e. The zero-order chi connectivity index (χ0) is 24.8. The number of nitrogens with zero attached hydrogens (tertiary/aromatic N) is 4. The lowest BCUT2D eigenvalue weighted by Gasteiger charge is -2.42. The molecule has 7 nitrogen and oxygen atoms in total. The van der Waals surface area contributed by atoms with E-state index in [0.717, 1.165) is 28.1 Å². The Hall–Kier alpha value is -4.31. The number of piperazine rings is 1. The van der Waals surface area contributed by atoms with Gasteiger partial charge in [-0.2, -0.15) is 5.26 Å². The molecule has 1 aliphatic rings. The van der Waals surface area contributed by atoms with Crippen LogP contribution in [-0.2, 0) is 0 Å². The zero-order valence-electron chi connectivity index (χ0n) is 20.3.